The zero-order valence-electron chi connectivity index (χ0n) is 15.6. The second kappa shape index (κ2) is 7.96. The van der Waals surface area contributed by atoms with E-state index in [-0.39, 0.29) is 11.7 Å². The van der Waals surface area contributed by atoms with E-state index in [0.29, 0.717) is 28.8 Å². The van der Waals surface area contributed by atoms with E-state index in [2.05, 4.69) is 20.8 Å². The van der Waals surface area contributed by atoms with Crippen LogP contribution >= 0.6 is 11.3 Å². The van der Waals surface area contributed by atoms with E-state index in [0.717, 1.165) is 11.1 Å². The third-order valence-corrected chi connectivity index (χ3v) is 5.51. The van der Waals surface area contributed by atoms with Gasteiger partial charge in [0.15, 0.2) is 0 Å². The molecule has 0 aliphatic carbocycles. The Hall–Kier alpha value is -3.33. The van der Waals surface area contributed by atoms with Crippen LogP contribution < -0.4 is 10.6 Å². The summed E-state index contributed by atoms with van der Waals surface area (Å²) in [7, 11) is 0. The summed E-state index contributed by atoms with van der Waals surface area (Å²) in [6.45, 7) is 1.98. The number of carbonyl (C=O) groups excluding carboxylic acids is 2. The Morgan fingerprint density at radius 3 is 2.79 bits per heavy atom. The lowest BCUT2D eigenvalue weighted by Crippen LogP contribution is -2.45. The van der Waals surface area contributed by atoms with Crippen molar-refractivity contribution in [3.05, 3.63) is 70.5 Å². The number of urea groups is 1. The minimum Gasteiger partial charge on any atom is -0.324 e. The van der Waals surface area contributed by atoms with Gasteiger partial charge in [-0.3, -0.25) is 10.1 Å². The van der Waals surface area contributed by atoms with Gasteiger partial charge in [0, 0.05) is 12.1 Å². The average molecular weight is 411 g/mol. The van der Waals surface area contributed by atoms with E-state index >= 15 is 0 Å². The molecule has 2 aromatic carbocycles. The third-order valence-electron chi connectivity index (χ3n) is 4.67. The van der Waals surface area contributed by atoms with Crippen LogP contribution in [-0.2, 0) is 17.8 Å². The van der Waals surface area contributed by atoms with Crippen LogP contribution in [-0.4, -0.2) is 33.1 Å². The van der Waals surface area contributed by atoms with Crippen molar-refractivity contribution >= 4 is 34.1 Å². The molecule has 1 aromatic heterocycles. The van der Waals surface area contributed by atoms with Gasteiger partial charge in [0.1, 0.15) is 16.9 Å². The molecule has 0 fully saturated rings. The van der Waals surface area contributed by atoms with Crippen molar-refractivity contribution in [2.45, 2.75) is 25.9 Å². The summed E-state index contributed by atoms with van der Waals surface area (Å²) >= 11 is 1.24. The summed E-state index contributed by atoms with van der Waals surface area (Å²) in [6.07, 6.45) is 0.490. The van der Waals surface area contributed by atoms with Gasteiger partial charge in [-0.1, -0.05) is 41.7 Å². The highest BCUT2D eigenvalue weighted by atomic mass is 32.1. The van der Waals surface area contributed by atoms with E-state index in [4.69, 9.17) is 0 Å². The zero-order chi connectivity index (χ0) is 20.4. The van der Waals surface area contributed by atoms with E-state index in [1.807, 2.05) is 24.3 Å². The lowest BCUT2D eigenvalue weighted by molar-refractivity contribution is -0.119. The molecule has 7 nitrogen and oxygen atoms in total. The normalized spacial score (nSPS) is 16.0. The Morgan fingerprint density at radius 2 is 2.00 bits per heavy atom. The first-order chi connectivity index (χ1) is 14.0. The fourth-order valence-electron chi connectivity index (χ4n) is 3.04. The highest BCUT2D eigenvalue weighted by molar-refractivity contribution is 7.15. The molecule has 0 bridgehead atoms. The van der Waals surface area contributed by atoms with Crippen LogP contribution in [0.1, 0.15) is 23.1 Å². The van der Waals surface area contributed by atoms with Crippen LogP contribution in [0.5, 0.6) is 0 Å². The Morgan fingerprint density at radius 1 is 1.24 bits per heavy atom. The van der Waals surface area contributed by atoms with E-state index in [9.17, 15) is 14.0 Å². The Labute approximate surface area is 170 Å². The van der Waals surface area contributed by atoms with Crippen molar-refractivity contribution in [1.29, 1.82) is 0 Å². The summed E-state index contributed by atoms with van der Waals surface area (Å²) in [5, 5.41) is 14.7. The fourth-order valence-corrected chi connectivity index (χ4v) is 3.81. The molecule has 1 unspecified atom stereocenters. The van der Waals surface area contributed by atoms with Gasteiger partial charge in [-0.2, -0.15) is 0 Å². The number of hydrogen-bond acceptors (Lipinski definition) is 5. The van der Waals surface area contributed by atoms with Crippen molar-refractivity contribution < 1.29 is 14.0 Å². The molecule has 1 atom stereocenters. The maximum Gasteiger partial charge on any atom is 0.324 e. The summed E-state index contributed by atoms with van der Waals surface area (Å²) in [5.41, 5.74) is 2.46. The van der Waals surface area contributed by atoms with Gasteiger partial charge in [-0.25, -0.2) is 9.18 Å². The molecule has 0 saturated carbocycles. The lowest BCUT2D eigenvalue weighted by atomic mass is 10.2. The van der Waals surface area contributed by atoms with Crippen LogP contribution in [0, 0.1) is 5.82 Å². The first-order valence-electron chi connectivity index (χ1n) is 9.03. The standard InChI is InChI=1S/C20H18FN5O2S/c1-12-18(27)22-16-5-3-2-4-14(16)11-26(12)20(28)23-19-25-24-17(29-19)10-13-6-8-15(21)9-7-13/h2-9,12H,10-11H2,1H3,(H,22,27)(H,23,25,28). The van der Waals surface area contributed by atoms with Crippen molar-refractivity contribution in [2.75, 3.05) is 10.6 Å². The number of nitrogens with one attached hydrogen (secondary N) is 2. The van der Waals surface area contributed by atoms with E-state index < -0.39 is 12.1 Å². The topological polar surface area (TPSA) is 87.2 Å². The number of amides is 3. The number of nitrogens with zero attached hydrogens (tertiary/aromatic N) is 3. The SMILES string of the molecule is CC1C(=O)Nc2ccccc2CN1C(=O)Nc1nnc(Cc2ccc(F)cc2)s1. The Bertz CT molecular complexity index is 1050. The molecule has 4 rings (SSSR count). The number of benzene rings is 2. The molecule has 2 heterocycles. The molecule has 3 amide bonds. The fraction of sp³-hybridized carbons (Fsp3) is 0.200. The minimum absolute atomic E-state index is 0.251. The molecule has 148 valence electrons. The monoisotopic (exact) mass is 411 g/mol. The van der Waals surface area contributed by atoms with Crippen LogP contribution in [0.15, 0.2) is 48.5 Å². The number of rotatable bonds is 3. The number of fused-ring (bicyclic) bond motifs is 1. The molecule has 1 aliphatic rings. The van der Waals surface area contributed by atoms with Gasteiger partial charge in [-0.15, -0.1) is 10.2 Å². The number of anilines is 2. The van der Waals surface area contributed by atoms with E-state index in [1.165, 1.54) is 28.4 Å². The number of para-hydroxylation sites is 1. The molecule has 1 aliphatic heterocycles. The molecule has 2 N–H and O–H groups in total. The number of aromatic nitrogens is 2. The quantitative estimate of drug-likeness (QED) is 0.689. The predicted octanol–water partition coefficient (Wildman–Crippen LogP) is 3.64. The van der Waals surface area contributed by atoms with Crippen molar-refractivity contribution in [3.63, 3.8) is 0 Å². The molecule has 0 spiro atoms. The first-order valence-corrected chi connectivity index (χ1v) is 9.84. The molecule has 9 heteroatoms. The highest BCUT2D eigenvalue weighted by Gasteiger charge is 2.30. The second-order valence-corrected chi connectivity index (χ2v) is 7.75. The summed E-state index contributed by atoms with van der Waals surface area (Å²) < 4.78 is 13.0. The second-order valence-electron chi connectivity index (χ2n) is 6.68. The van der Waals surface area contributed by atoms with Crippen LogP contribution in [0.3, 0.4) is 0 Å². The zero-order valence-corrected chi connectivity index (χ0v) is 16.4. The number of hydrogen-bond donors (Lipinski definition) is 2. The Balaban J connectivity index is 1.47. The molecular formula is C20H18FN5O2S. The number of carbonyl (C=O) groups is 2. The van der Waals surface area contributed by atoms with Crippen molar-refractivity contribution in [2.24, 2.45) is 0 Å². The summed E-state index contributed by atoms with van der Waals surface area (Å²) in [6, 6.07) is 12.5. The van der Waals surface area contributed by atoms with Gasteiger partial charge in [0.25, 0.3) is 0 Å². The van der Waals surface area contributed by atoms with Crippen LogP contribution in [0.4, 0.5) is 20.0 Å². The van der Waals surface area contributed by atoms with E-state index in [1.54, 1.807) is 19.1 Å². The third kappa shape index (κ3) is 4.24. The van der Waals surface area contributed by atoms with Gasteiger partial charge in [0.2, 0.25) is 11.0 Å². The smallest absolute Gasteiger partial charge is 0.324 e. The average Bonchev–Trinajstić information content (AvgIpc) is 3.09. The molecule has 3 aromatic rings. The lowest BCUT2D eigenvalue weighted by Gasteiger charge is -2.25. The summed E-state index contributed by atoms with van der Waals surface area (Å²) in [4.78, 5) is 26.7. The summed E-state index contributed by atoms with van der Waals surface area (Å²) in [5.74, 6) is -0.546. The molecular weight excluding hydrogens is 393 g/mol. The Kier molecular flexibility index (Phi) is 5.22. The highest BCUT2D eigenvalue weighted by Crippen LogP contribution is 2.24. The van der Waals surface area contributed by atoms with Crippen LogP contribution in [0.2, 0.25) is 0 Å². The number of halogens is 1. The predicted molar refractivity (Wildman–Crippen MR) is 108 cm³/mol. The minimum atomic E-state index is -0.644. The van der Waals surface area contributed by atoms with Gasteiger partial charge in [0.05, 0.1) is 6.54 Å². The van der Waals surface area contributed by atoms with Crippen molar-refractivity contribution in [3.8, 4) is 0 Å². The largest absolute Gasteiger partial charge is 0.324 e. The van der Waals surface area contributed by atoms with Gasteiger partial charge < -0.3 is 10.2 Å². The van der Waals surface area contributed by atoms with Crippen molar-refractivity contribution in [1.82, 2.24) is 15.1 Å². The van der Waals surface area contributed by atoms with Crippen LogP contribution in [0.25, 0.3) is 0 Å². The molecule has 0 radical (unpaired) electrons. The maximum atomic E-state index is 13.0. The van der Waals surface area contributed by atoms with Gasteiger partial charge in [-0.05, 0) is 36.2 Å². The molecule has 0 saturated heterocycles. The maximum absolute atomic E-state index is 13.0. The first kappa shape index (κ1) is 19.0. The van der Waals surface area contributed by atoms with Gasteiger partial charge >= 0.3 is 6.03 Å². The molecule has 29 heavy (non-hydrogen) atoms.